The second-order valence-electron chi connectivity index (χ2n) is 8.45. The van der Waals surface area contributed by atoms with Crippen molar-refractivity contribution in [1.82, 2.24) is 29.6 Å². The van der Waals surface area contributed by atoms with Crippen molar-refractivity contribution in [2.45, 2.75) is 50.2 Å². The lowest BCUT2D eigenvalue weighted by atomic mass is 9.97. The molecule has 2 fully saturated rings. The van der Waals surface area contributed by atoms with Crippen LogP contribution in [0.2, 0.25) is 0 Å². The Bertz CT molecular complexity index is 1120. The summed E-state index contributed by atoms with van der Waals surface area (Å²) in [6.07, 6.45) is 10.3. The molecule has 5 heterocycles. The lowest BCUT2D eigenvalue weighted by Gasteiger charge is -2.36. The molecule has 2 aliphatic heterocycles. The monoisotopic (exact) mass is 401 g/mol. The minimum absolute atomic E-state index is 0.000922. The number of rotatable bonds is 4. The van der Waals surface area contributed by atoms with Gasteiger partial charge in [-0.05, 0) is 43.9 Å². The topological polar surface area (TPSA) is 88.8 Å². The van der Waals surface area contributed by atoms with Gasteiger partial charge in [0.15, 0.2) is 5.82 Å². The van der Waals surface area contributed by atoms with E-state index in [1.807, 2.05) is 30.3 Å². The first-order chi connectivity index (χ1) is 14.7. The first-order valence-corrected chi connectivity index (χ1v) is 10.6. The van der Waals surface area contributed by atoms with E-state index in [1.165, 1.54) is 0 Å². The van der Waals surface area contributed by atoms with Crippen LogP contribution in [0.4, 0.5) is 5.82 Å². The number of carbonyl (C=O) groups excluding carboxylic acids is 1. The van der Waals surface area contributed by atoms with Gasteiger partial charge in [-0.25, -0.2) is 9.97 Å². The average molecular weight is 401 g/mol. The molecule has 0 spiro atoms. The molecule has 0 radical (unpaired) electrons. The average Bonchev–Trinajstić information content (AvgIpc) is 3.38. The number of fused-ring (bicyclic) bond motifs is 4. The van der Waals surface area contributed by atoms with E-state index in [4.69, 9.17) is 9.97 Å². The third kappa shape index (κ3) is 2.86. The molecule has 2 bridgehead atoms. The smallest absolute Gasteiger partial charge is 0.275 e. The Labute approximate surface area is 174 Å². The van der Waals surface area contributed by atoms with E-state index in [0.29, 0.717) is 11.7 Å². The molecular weight excluding hydrogens is 378 g/mol. The SMILES string of the molecule is Cn1ccc(C(=O)N2[C@H]3CC[C@@H]2c2c(nc(-c4ccncc4)nc2NC2CC2)C3)n1. The molecule has 6 rings (SSSR count). The van der Waals surface area contributed by atoms with Crippen molar-refractivity contribution in [2.24, 2.45) is 7.05 Å². The molecule has 30 heavy (non-hydrogen) atoms. The number of hydrogen-bond acceptors (Lipinski definition) is 6. The van der Waals surface area contributed by atoms with Gasteiger partial charge < -0.3 is 10.2 Å². The highest BCUT2D eigenvalue weighted by Crippen LogP contribution is 2.47. The van der Waals surface area contributed by atoms with Crippen LogP contribution < -0.4 is 5.32 Å². The van der Waals surface area contributed by atoms with E-state index in [1.54, 1.807) is 23.1 Å². The number of nitrogens with zero attached hydrogens (tertiary/aromatic N) is 6. The number of amides is 1. The standard InChI is InChI=1S/C22H23N7O/c1-28-11-8-16(27-28)22(30)29-15-4-5-18(29)19-17(12-15)25-20(13-6-9-23-10-7-13)26-21(19)24-14-2-3-14/h6-11,14-15,18H,2-5,12H2,1H3,(H,24,25,26)/t15-,18+/m0/s1. The molecule has 2 atom stereocenters. The summed E-state index contributed by atoms with van der Waals surface area (Å²) in [7, 11) is 1.84. The van der Waals surface area contributed by atoms with Gasteiger partial charge in [-0.15, -0.1) is 0 Å². The molecule has 0 aromatic carbocycles. The molecule has 1 saturated carbocycles. The van der Waals surface area contributed by atoms with Crippen LogP contribution in [-0.4, -0.2) is 47.6 Å². The summed E-state index contributed by atoms with van der Waals surface area (Å²) in [5.74, 6) is 1.62. The normalized spacial score (nSPS) is 22.1. The zero-order valence-electron chi connectivity index (χ0n) is 16.8. The molecule has 1 amide bonds. The summed E-state index contributed by atoms with van der Waals surface area (Å²) in [5.41, 5.74) is 3.63. The van der Waals surface area contributed by atoms with Crippen molar-refractivity contribution in [3.05, 3.63) is 53.7 Å². The fourth-order valence-corrected chi connectivity index (χ4v) is 4.74. The highest BCUT2D eigenvalue weighted by molar-refractivity contribution is 5.93. The molecule has 0 unspecified atom stereocenters. The maximum Gasteiger partial charge on any atom is 0.275 e. The number of nitrogens with one attached hydrogen (secondary N) is 1. The van der Waals surface area contributed by atoms with E-state index in [0.717, 1.165) is 60.6 Å². The second kappa shape index (κ2) is 6.62. The Morgan fingerprint density at radius 2 is 1.93 bits per heavy atom. The van der Waals surface area contributed by atoms with Gasteiger partial charge in [0.2, 0.25) is 0 Å². The molecule has 1 aliphatic carbocycles. The predicted molar refractivity (Wildman–Crippen MR) is 111 cm³/mol. The molecule has 3 aliphatic rings. The van der Waals surface area contributed by atoms with Crippen LogP contribution in [0.5, 0.6) is 0 Å². The van der Waals surface area contributed by atoms with E-state index in [9.17, 15) is 4.79 Å². The van der Waals surface area contributed by atoms with Crippen LogP contribution in [0.1, 0.15) is 53.5 Å². The van der Waals surface area contributed by atoms with Gasteiger partial charge in [0.1, 0.15) is 11.5 Å². The van der Waals surface area contributed by atoms with Gasteiger partial charge >= 0.3 is 0 Å². The van der Waals surface area contributed by atoms with Crippen molar-refractivity contribution in [3.63, 3.8) is 0 Å². The molecule has 1 N–H and O–H groups in total. The predicted octanol–water partition coefficient (Wildman–Crippen LogP) is 2.75. The van der Waals surface area contributed by atoms with Gasteiger partial charge in [-0.2, -0.15) is 5.10 Å². The number of pyridine rings is 1. The number of aryl methyl sites for hydroxylation is 1. The van der Waals surface area contributed by atoms with Crippen molar-refractivity contribution < 1.29 is 4.79 Å². The van der Waals surface area contributed by atoms with E-state index in [-0.39, 0.29) is 18.0 Å². The van der Waals surface area contributed by atoms with E-state index < -0.39 is 0 Å². The van der Waals surface area contributed by atoms with Crippen molar-refractivity contribution in [1.29, 1.82) is 0 Å². The minimum Gasteiger partial charge on any atom is -0.367 e. The second-order valence-corrected chi connectivity index (χ2v) is 8.45. The van der Waals surface area contributed by atoms with Crippen LogP contribution in [0, 0.1) is 0 Å². The number of hydrogen-bond donors (Lipinski definition) is 1. The summed E-state index contributed by atoms with van der Waals surface area (Å²) in [6, 6.07) is 6.30. The molecule has 3 aromatic heterocycles. The summed E-state index contributed by atoms with van der Waals surface area (Å²) in [4.78, 5) is 29.3. The zero-order chi connectivity index (χ0) is 20.2. The first-order valence-electron chi connectivity index (χ1n) is 10.6. The lowest BCUT2D eigenvalue weighted by molar-refractivity contribution is 0.0638. The van der Waals surface area contributed by atoms with Crippen LogP contribution in [0.15, 0.2) is 36.8 Å². The summed E-state index contributed by atoms with van der Waals surface area (Å²) in [6.45, 7) is 0. The van der Waals surface area contributed by atoms with Crippen LogP contribution in [0.3, 0.4) is 0 Å². The van der Waals surface area contributed by atoms with Crippen LogP contribution in [0.25, 0.3) is 11.4 Å². The van der Waals surface area contributed by atoms with Crippen molar-refractivity contribution >= 4 is 11.7 Å². The van der Waals surface area contributed by atoms with Crippen molar-refractivity contribution in [2.75, 3.05) is 5.32 Å². The number of anilines is 1. The number of aromatic nitrogens is 5. The van der Waals surface area contributed by atoms with Gasteiger partial charge in [0.05, 0.1) is 11.7 Å². The van der Waals surface area contributed by atoms with E-state index >= 15 is 0 Å². The Hall–Kier alpha value is -3.29. The lowest BCUT2D eigenvalue weighted by Crippen LogP contribution is -2.43. The highest BCUT2D eigenvalue weighted by atomic mass is 16.2. The third-order valence-electron chi connectivity index (χ3n) is 6.31. The maximum atomic E-state index is 13.3. The largest absolute Gasteiger partial charge is 0.367 e. The van der Waals surface area contributed by atoms with Gasteiger partial charge in [0.25, 0.3) is 5.91 Å². The third-order valence-corrected chi connectivity index (χ3v) is 6.31. The fourth-order valence-electron chi connectivity index (χ4n) is 4.74. The zero-order valence-corrected chi connectivity index (χ0v) is 16.8. The fraction of sp³-hybridized carbons (Fsp3) is 0.409. The maximum absolute atomic E-state index is 13.3. The number of carbonyl (C=O) groups is 1. The van der Waals surface area contributed by atoms with Gasteiger partial charge in [-0.1, -0.05) is 0 Å². The quantitative estimate of drug-likeness (QED) is 0.723. The molecule has 3 aromatic rings. The Kier molecular flexibility index (Phi) is 3.87. The molecule has 1 saturated heterocycles. The Balaban J connectivity index is 1.43. The Morgan fingerprint density at radius 1 is 1.10 bits per heavy atom. The molecular formula is C22H23N7O. The van der Waals surface area contributed by atoms with E-state index in [2.05, 4.69) is 15.4 Å². The molecule has 152 valence electrons. The summed E-state index contributed by atoms with van der Waals surface area (Å²) < 4.78 is 1.68. The minimum atomic E-state index is 0.000922. The Morgan fingerprint density at radius 3 is 2.67 bits per heavy atom. The summed E-state index contributed by atoms with van der Waals surface area (Å²) in [5, 5.41) is 7.96. The van der Waals surface area contributed by atoms with Gasteiger partial charge in [0, 0.05) is 55.3 Å². The molecule has 8 nitrogen and oxygen atoms in total. The highest BCUT2D eigenvalue weighted by Gasteiger charge is 2.46. The van der Waals surface area contributed by atoms with Crippen molar-refractivity contribution in [3.8, 4) is 11.4 Å². The first kappa shape index (κ1) is 17.6. The molecule has 8 heteroatoms. The van der Waals surface area contributed by atoms with Gasteiger partial charge in [-0.3, -0.25) is 14.5 Å². The van der Waals surface area contributed by atoms with Crippen LogP contribution in [-0.2, 0) is 13.5 Å². The van der Waals surface area contributed by atoms with Crippen LogP contribution >= 0.6 is 0 Å². The summed E-state index contributed by atoms with van der Waals surface area (Å²) >= 11 is 0.